The molecule has 0 saturated carbocycles. The zero-order valence-electron chi connectivity index (χ0n) is 8.40. The molecule has 1 aliphatic heterocycles. The van der Waals surface area contributed by atoms with Gasteiger partial charge in [0.05, 0.1) is 13.0 Å². The van der Waals surface area contributed by atoms with Gasteiger partial charge in [0.25, 0.3) is 0 Å². The van der Waals surface area contributed by atoms with E-state index in [-0.39, 0.29) is 24.5 Å². The number of methoxy groups -OCH3 is 1. The number of ether oxygens (including phenoxy) is 1. The lowest BCUT2D eigenvalue weighted by molar-refractivity contribution is -0.147. The molecule has 80 valence electrons. The summed E-state index contributed by atoms with van der Waals surface area (Å²) >= 11 is 0. The van der Waals surface area contributed by atoms with Gasteiger partial charge in [0.15, 0.2) is 0 Å². The highest BCUT2D eigenvalue weighted by Crippen LogP contribution is 2.22. The number of esters is 1. The number of hydrogen-bond donors (Lipinski definition) is 1. The molecule has 2 unspecified atom stereocenters. The fourth-order valence-corrected chi connectivity index (χ4v) is 1.73. The summed E-state index contributed by atoms with van der Waals surface area (Å²) < 4.78 is 4.59. The normalized spacial score (nSPS) is 27.1. The van der Waals surface area contributed by atoms with Gasteiger partial charge in [-0.1, -0.05) is 0 Å². The van der Waals surface area contributed by atoms with Crippen molar-refractivity contribution in [2.24, 2.45) is 5.92 Å². The minimum Gasteiger partial charge on any atom is -0.469 e. The zero-order chi connectivity index (χ0) is 10.7. The summed E-state index contributed by atoms with van der Waals surface area (Å²) in [6.07, 6.45) is 0.454. The van der Waals surface area contributed by atoms with E-state index in [9.17, 15) is 9.59 Å². The maximum atomic E-state index is 11.2. The Kier molecular flexibility index (Phi) is 3.33. The number of carboxylic acid groups (broad SMARTS) is 1. The van der Waals surface area contributed by atoms with E-state index < -0.39 is 6.09 Å². The lowest BCUT2D eigenvalue weighted by Gasteiger charge is -2.34. The molecule has 2 atom stereocenters. The Morgan fingerprint density at radius 3 is 2.57 bits per heavy atom. The van der Waals surface area contributed by atoms with Gasteiger partial charge in [-0.15, -0.1) is 0 Å². The van der Waals surface area contributed by atoms with Gasteiger partial charge in [-0.3, -0.25) is 4.79 Å². The summed E-state index contributed by atoms with van der Waals surface area (Å²) in [7, 11) is 1.32. The fraction of sp³-hybridized carbons (Fsp3) is 0.778. The van der Waals surface area contributed by atoms with Crippen LogP contribution in [0.1, 0.15) is 19.8 Å². The Hall–Kier alpha value is -1.26. The summed E-state index contributed by atoms with van der Waals surface area (Å²) in [5.74, 6) is -0.615. The van der Waals surface area contributed by atoms with E-state index in [4.69, 9.17) is 5.11 Å². The topological polar surface area (TPSA) is 66.8 Å². The third kappa shape index (κ3) is 2.16. The smallest absolute Gasteiger partial charge is 0.407 e. The lowest BCUT2D eigenvalue weighted by atomic mass is 9.94. The van der Waals surface area contributed by atoms with Crippen LogP contribution in [0, 0.1) is 5.92 Å². The predicted octanol–water partition coefficient (Wildman–Crippen LogP) is 0.938. The molecule has 0 aromatic heterocycles. The monoisotopic (exact) mass is 201 g/mol. The van der Waals surface area contributed by atoms with Crippen molar-refractivity contribution in [1.29, 1.82) is 0 Å². The van der Waals surface area contributed by atoms with Crippen LogP contribution >= 0.6 is 0 Å². The number of carbonyl (C=O) groups is 2. The van der Waals surface area contributed by atoms with Gasteiger partial charge >= 0.3 is 12.1 Å². The van der Waals surface area contributed by atoms with Gasteiger partial charge in [-0.05, 0) is 19.8 Å². The number of hydrogen-bond acceptors (Lipinski definition) is 3. The van der Waals surface area contributed by atoms with Gasteiger partial charge in [0.2, 0.25) is 0 Å². The Labute approximate surface area is 82.6 Å². The lowest BCUT2D eigenvalue weighted by Crippen LogP contribution is -2.46. The highest BCUT2D eigenvalue weighted by Gasteiger charge is 2.32. The fourth-order valence-electron chi connectivity index (χ4n) is 1.73. The highest BCUT2D eigenvalue weighted by molar-refractivity contribution is 5.74. The standard InChI is InChI=1S/C9H15NO4/c1-6-3-4-7(8(11)14-2)5-10(6)9(12)13/h6-7H,3-5H2,1-2H3,(H,12,13). The van der Waals surface area contributed by atoms with E-state index in [1.807, 2.05) is 6.92 Å². The van der Waals surface area contributed by atoms with Gasteiger partial charge in [0.1, 0.15) is 0 Å². The molecular formula is C9H15NO4. The molecule has 1 saturated heterocycles. The Balaban J connectivity index is 2.62. The second-order valence-electron chi connectivity index (χ2n) is 3.58. The number of carbonyl (C=O) groups excluding carboxylic acids is 1. The summed E-state index contributed by atoms with van der Waals surface area (Å²) in [4.78, 5) is 23.3. The molecule has 1 fully saturated rings. The van der Waals surface area contributed by atoms with E-state index in [1.54, 1.807) is 0 Å². The molecule has 1 heterocycles. The molecule has 1 amide bonds. The van der Waals surface area contributed by atoms with Crippen molar-refractivity contribution >= 4 is 12.1 Å². The predicted molar refractivity (Wildman–Crippen MR) is 48.9 cm³/mol. The minimum absolute atomic E-state index is 0.00611. The van der Waals surface area contributed by atoms with Crippen molar-refractivity contribution in [2.45, 2.75) is 25.8 Å². The molecule has 1 N–H and O–H groups in total. The van der Waals surface area contributed by atoms with Crippen LogP contribution < -0.4 is 0 Å². The maximum Gasteiger partial charge on any atom is 0.407 e. The van der Waals surface area contributed by atoms with E-state index in [1.165, 1.54) is 12.0 Å². The SMILES string of the molecule is COC(=O)C1CCC(C)N(C(=O)O)C1. The maximum absolute atomic E-state index is 11.2. The first-order valence-corrected chi connectivity index (χ1v) is 4.63. The summed E-state index contributed by atoms with van der Waals surface area (Å²) in [5, 5.41) is 8.85. The number of nitrogens with zero attached hydrogens (tertiary/aromatic N) is 1. The van der Waals surface area contributed by atoms with Crippen molar-refractivity contribution < 1.29 is 19.4 Å². The first-order chi connectivity index (χ1) is 6.56. The summed E-state index contributed by atoms with van der Waals surface area (Å²) in [5.41, 5.74) is 0. The molecule has 1 rings (SSSR count). The van der Waals surface area contributed by atoms with E-state index in [2.05, 4.69) is 4.74 Å². The average Bonchev–Trinajstić information content (AvgIpc) is 2.17. The zero-order valence-corrected chi connectivity index (χ0v) is 8.40. The molecule has 0 bridgehead atoms. The third-order valence-electron chi connectivity index (χ3n) is 2.66. The van der Waals surface area contributed by atoms with Crippen molar-refractivity contribution in [3.8, 4) is 0 Å². The molecule has 0 aromatic carbocycles. The number of amides is 1. The van der Waals surface area contributed by atoms with Gasteiger partial charge in [-0.25, -0.2) is 4.79 Å². The van der Waals surface area contributed by atoms with Crippen LogP contribution in [0.2, 0.25) is 0 Å². The average molecular weight is 201 g/mol. The van der Waals surface area contributed by atoms with Gasteiger partial charge in [0, 0.05) is 12.6 Å². The van der Waals surface area contributed by atoms with Crippen molar-refractivity contribution in [1.82, 2.24) is 4.90 Å². The van der Waals surface area contributed by atoms with Crippen LogP contribution in [0.5, 0.6) is 0 Å². The first-order valence-electron chi connectivity index (χ1n) is 4.63. The molecule has 1 aliphatic rings. The van der Waals surface area contributed by atoms with Gasteiger partial charge < -0.3 is 14.7 Å². The minimum atomic E-state index is -0.967. The second kappa shape index (κ2) is 4.30. The first kappa shape index (κ1) is 10.8. The van der Waals surface area contributed by atoms with Crippen molar-refractivity contribution in [3.63, 3.8) is 0 Å². The molecule has 5 heteroatoms. The molecule has 0 spiro atoms. The van der Waals surface area contributed by atoms with Crippen LogP contribution in [-0.2, 0) is 9.53 Å². The van der Waals surface area contributed by atoms with Crippen LogP contribution in [0.4, 0.5) is 4.79 Å². The second-order valence-corrected chi connectivity index (χ2v) is 3.58. The molecule has 0 radical (unpaired) electrons. The van der Waals surface area contributed by atoms with Crippen LogP contribution in [-0.4, -0.2) is 41.8 Å². The highest BCUT2D eigenvalue weighted by atomic mass is 16.5. The molecule has 0 aromatic rings. The Bertz CT molecular complexity index is 241. The molecule has 0 aliphatic carbocycles. The van der Waals surface area contributed by atoms with Crippen molar-refractivity contribution in [3.05, 3.63) is 0 Å². The number of piperidine rings is 1. The molecule has 14 heavy (non-hydrogen) atoms. The summed E-state index contributed by atoms with van der Waals surface area (Å²) in [6.45, 7) is 2.10. The Morgan fingerprint density at radius 1 is 1.43 bits per heavy atom. The van der Waals surface area contributed by atoms with Gasteiger partial charge in [-0.2, -0.15) is 0 Å². The molecule has 5 nitrogen and oxygen atoms in total. The van der Waals surface area contributed by atoms with E-state index in [0.717, 1.165) is 0 Å². The Morgan fingerprint density at radius 2 is 2.07 bits per heavy atom. The number of rotatable bonds is 1. The van der Waals surface area contributed by atoms with Crippen LogP contribution in [0.15, 0.2) is 0 Å². The van der Waals surface area contributed by atoms with Crippen LogP contribution in [0.3, 0.4) is 0 Å². The molecular weight excluding hydrogens is 186 g/mol. The summed E-state index contributed by atoms with van der Waals surface area (Å²) in [6, 6.07) is -0.00611. The quantitative estimate of drug-likeness (QED) is 0.641. The number of likely N-dealkylation sites (tertiary alicyclic amines) is 1. The van der Waals surface area contributed by atoms with Crippen LogP contribution in [0.25, 0.3) is 0 Å². The largest absolute Gasteiger partial charge is 0.469 e. The van der Waals surface area contributed by atoms with Crippen molar-refractivity contribution in [2.75, 3.05) is 13.7 Å². The van der Waals surface area contributed by atoms with E-state index in [0.29, 0.717) is 12.8 Å². The van der Waals surface area contributed by atoms with E-state index >= 15 is 0 Å². The third-order valence-corrected chi connectivity index (χ3v) is 2.66.